The van der Waals surface area contributed by atoms with E-state index in [9.17, 15) is 0 Å². The zero-order valence-electron chi connectivity index (χ0n) is 7.23. The molecule has 1 nitrogen and oxygen atoms in total. The third kappa shape index (κ3) is 1.80. The smallest absolute Gasteiger partial charge is 0.118 e. The number of hydrogen-bond donors (Lipinski definition) is 0. The maximum atomic E-state index is 5.86. The van der Waals surface area contributed by atoms with E-state index in [1.54, 1.807) is 7.11 Å². The lowest BCUT2D eigenvalue weighted by Gasteiger charge is -2.05. The van der Waals surface area contributed by atoms with E-state index in [0.717, 1.165) is 16.1 Å². The van der Waals surface area contributed by atoms with Crippen molar-refractivity contribution in [2.45, 2.75) is 6.92 Å². The van der Waals surface area contributed by atoms with Crippen molar-refractivity contribution in [2.75, 3.05) is 7.11 Å². The predicted octanol–water partition coefficient (Wildman–Crippen LogP) is 3.27. The Morgan fingerprint density at radius 2 is 2.17 bits per heavy atom. The monoisotopic (exact) mass is 182 g/mol. The van der Waals surface area contributed by atoms with Gasteiger partial charge in [0, 0.05) is 10.6 Å². The van der Waals surface area contributed by atoms with Crippen molar-refractivity contribution in [1.29, 1.82) is 0 Å². The van der Waals surface area contributed by atoms with Gasteiger partial charge in [0.1, 0.15) is 5.76 Å². The molecule has 0 spiro atoms. The molecular weight excluding hydrogens is 172 g/mol. The van der Waals surface area contributed by atoms with Crippen LogP contribution in [-0.4, -0.2) is 7.11 Å². The molecule has 0 saturated heterocycles. The Hall–Kier alpha value is -0.950. The summed E-state index contributed by atoms with van der Waals surface area (Å²) in [5, 5.41) is 0.766. The van der Waals surface area contributed by atoms with Crippen molar-refractivity contribution in [3.05, 3.63) is 40.9 Å². The normalized spacial score (nSPS) is 9.58. The molecule has 0 amide bonds. The Bertz CT molecular complexity index is 305. The molecule has 0 aromatic heterocycles. The van der Waals surface area contributed by atoms with Crippen LogP contribution in [0.15, 0.2) is 24.8 Å². The predicted molar refractivity (Wildman–Crippen MR) is 52.2 cm³/mol. The van der Waals surface area contributed by atoms with Gasteiger partial charge < -0.3 is 4.74 Å². The Balaban J connectivity index is 3.05. The van der Waals surface area contributed by atoms with Gasteiger partial charge in [-0.1, -0.05) is 18.2 Å². The number of hydrogen-bond acceptors (Lipinski definition) is 1. The average Bonchev–Trinajstić information content (AvgIpc) is 2.08. The molecule has 0 bridgehead atoms. The van der Waals surface area contributed by atoms with Gasteiger partial charge in [-0.2, -0.15) is 0 Å². The van der Waals surface area contributed by atoms with Gasteiger partial charge in [0.05, 0.1) is 7.11 Å². The van der Waals surface area contributed by atoms with Crippen molar-refractivity contribution in [3.63, 3.8) is 0 Å². The summed E-state index contributed by atoms with van der Waals surface area (Å²) < 4.78 is 4.99. The summed E-state index contributed by atoms with van der Waals surface area (Å²) in [6.07, 6.45) is 0. The van der Waals surface area contributed by atoms with Crippen LogP contribution in [0, 0.1) is 6.92 Å². The van der Waals surface area contributed by atoms with Crippen LogP contribution >= 0.6 is 11.6 Å². The molecule has 2 heteroatoms. The van der Waals surface area contributed by atoms with Gasteiger partial charge in [0.2, 0.25) is 0 Å². The van der Waals surface area contributed by atoms with Crippen molar-refractivity contribution >= 4 is 17.4 Å². The molecule has 0 radical (unpaired) electrons. The summed E-state index contributed by atoms with van der Waals surface area (Å²) >= 11 is 5.86. The molecule has 0 aliphatic carbocycles. The Kier molecular flexibility index (Phi) is 2.77. The maximum Gasteiger partial charge on any atom is 0.118 e. The second-order valence-corrected chi connectivity index (χ2v) is 3.00. The highest BCUT2D eigenvalue weighted by Crippen LogP contribution is 2.20. The van der Waals surface area contributed by atoms with Crippen molar-refractivity contribution < 1.29 is 4.74 Å². The van der Waals surface area contributed by atoms with Gasteiger partial charge in [0.25, 0.3) is 0 Å². The molecule has 0 unspecified atom stereocenters. The number of halogens is 1. The first-order valence-electron chi connectivity index (χ1n) is 3.64. The minimum absolute atomic E-state index is 0.662. The third-order valence-electron chi connectivity index (χ3n) is 1.73. The summed E-state index contributed by atoms with van der Waals surface area (Å²) in [4.78, 5) is 0. The Labute approximate surface area is 77.6 Å². The first-order valence-corrected chi connectivity index (χ1v) is 4.02. The fourth-order valence-electron chi connectivity index (χ4n) is 0.936. The van der Waals surface area contributed by atoms with Crippen LogP contribution < -0.4 is 0 Å². The van der Waals surface area contributed by atoms with Gasteiger partial charge in [0.15, 0.2) is 0 Å². The lowest BCUT2D eigenvalue weighted by Crippen LogP contribution is -1.86. The summed E-state index contributed by atoms with van der Waals surface area (Å²) in [6.45, 7) is 5.70. The second kappa shape index (κ2) is 3.63. The fraction of sp³-hybridized carbons (Fsp3) is 0.200. The molecule has 0 N–H and O–H groups in total. The topological polar surface area (TPSA) is 9.23 Å². The molecule has 1 aromatic rings. The number of ether oxygens (including phenoxy) is 1. The lowest BCUT2D eigenvalue weighted by atomic mass is 10.1. The van der Waals surface area contributed by atoms with E-state index >= 15 is 0 Å². The van der Waals surface area contributed by atoms with E-state index in [1.807, 2.05) is 25.1 Å². The molecule has 0 aliphatic heterocycles. The number of methoxy groups -OCH3 is 1. The number of rotatable bonds is 2. The van der Waals surface area contributed by atoms with Gasteiger partial charge in [-0.05, 0) is 30.7 Å². The van der Waals surface area contributed by atoms with Gasteiger partial charge in [-0.15, -0.1) is 0 Å². The second-order valence-electron chi connectivity index (χ2n) is 2.59. The number of aryl methyl sites for hydroxylation is 1. The number of benzene rings is 1. The van der Waals surface area contributed by atoms with Crippen molar-refractivity contribution in [1.82, 2.24) is 0 Å². The van der Waals surface area contributed by atoms with Gasteiger partial charge in [-0.25, -0.2) is 0 Å². The van der Waals surface area contributed by atoms with E-state index in [4.69, 9.17) is 16.3 Å². The Morgan fingerprint density at radius 1 is 1.50 bits per heavy atom. The molecule has 1 rings (SSSR count). The van der Waals surface area contributed by atoms with Crippen molar-refractivity contribution in [3.8, 4) is 0 Å². The molecule has 0 heterocycles. The van der Waals surface area contributed by atoms with E-state index in [-0.39, 0.29) is 0 Å². The summed E-state index contributed by atoms with van der Waals surface area (Å²) in [5.74, 6) is 0.662. The van der Waals surface area contributed by atoms with Crippen LogP contribution in [0.25, 0.3) is 5.76 Å². The standard InChI is InChI=1S/C10H11ClO/c1-7-6-9(8(2)12-3)4-5-10(7)11/h4-6H,2H2,1,3H3. The van der Waals surface area contributed by atoms with E-state index in [2.05, 4.69) is 6.58 Å². The van der Waals surface area contributed by atoms with E-state index < -0.39 is 0 Å². The lowest BCUT2D eigenvalue weighted by molar-refractivity contribution is 0.371. The molecule has 64 valence electrons. The molecular formula is C10H11ClO. The summed E-state index contributed by atoms with van der Waals surface area (Å²) in [5.41, 5.74) is 2.01. The van der Waals surface area contributed by atoms with Gasteiger partial charge in [-0.3, -0.25) is 0 Å². The summed E-state index contributed by atoms with van der Waals surface area (Å²) in [6, 6.07) is 5.69. The van der Waals surface area contributed by atoms with Gasteiger partial charge >= 0.3 is 0 Å². The first-order chi connectivity index (χ1) is 5.65. The van der Waals surface area contributed by atoms with Crippen LogP contribution in [0.3, 0.4) is 0 Å². The largest absolute Gasteiger partial charge is 0.497 e. The molecule has 1 aromatic carbocycles. The van der Waals surface area contributed by atoms with E-state index in [0.29, 0.717) is 5.76 Å². The van der Waals surface area contributed by atoms with Crippen molar-refractivity contribution in [2.24, 2.45) is 0 Å². The fourth-order valence-corrected chi connectivity index (χ4v) is 1.05. The van der Waals surface area contributed by atoms with Crippen LogP contribution in [-0.2, 0) is 4.74 Å². The van der Waals surface area contributed by atoms with Crippen LogP contribution in [0.4, 0.5) is 0 Å². The first kappa shape index (κ1) is 9.14. The molecule has 12 heavy (non-hydrogen) atoms. The molecule has 0 saturated carbocycles. The van der Waals surface area contributed by atoms with Crippen LogP contribution in [0.5, 0.6) is 0 Å². The maximum absolute atomic E-state index is 5.86. The highest BCUT2D eigenvalue weighted by molar-refractivity contribution is 6.31. The highest BCUT2D eigenvalue weighted by Gasteiger charge is 2.00. The molecule has 0 aliphatic rings. The molecule has 0 atom stereocenters. The molecule has 0 fully saturated rings. The van der Waals surface area contributed by atoms with Crippen LogP contribution in [0.1, 0.15) is 11.1 Å². The average molecular weight is 183 g/mol. The van der Waals surface area contributed by atoms with Crippen LogP contribution in [0.2, 0.25) is 5.02 Å². The summed E-state index contributed by atoms with van der Waals surface area (Å²) in [7, 11) is 1.60. The quantitative estimate of drug-likeness (QED) is 0.638. The van der Waals surface area contributed by atoms with E-state index in [1.165, 1.54) is 0 Å². The zero-order valence-corrected chi connectivity index (χ0v) is 7.98. The minimum Gasteiger partial charge on any atom is -0.497 e. The highest BCUT2D eigenvalue weighted by atomic mass is 35.5. The minimum atomic E-state index is 0.662. The SMILES string of the molecule is C=C(OC)c1ccc(Cl)c(C)c1. The Morgan fingerprint density at radius 3 is 2.67 bits per heavy atom. The third-order valence-corrected chi connectivity index (χ3v) is 2.15. The zero-order chi connectivity index (χ0) is 9.14.